The molecule has 1 aromatic rings. The quantitative estimate of drug-likeness (QED) is 0.711. The Balaban J connectivity index is 1.83. The van der Waals surface area contributed by atoms with E-state index in [2.05, 4.69) is 6.92 Å². The maximum Gasteiger partial charge on any atom is 0.401 e. The summed E-state index contributed by atoms with van der Waals surface area (Å²) in [6.45, 7) is 2.22. The topological polar surface area (TPSA) is 18.5 Å². The molecule has 0 spiro atoms. The van der Waals surface area contributed by atoms with Gasteiger partial charge < -0.3 is 9.47 Å². The fourth-order valence-corrected chi connectivity index (χ4v) is 3.86. The molecule has 1 aromatic carbocycles. The van der Waals surface area contributed by atoms with E-state index in [0.717, 1.165) is 37.7 Å². The first-order valence-electron chi connectivity index (χ1n) is 8.23. The highest BCUT2D eigenvalue weighted by atomic mass is 19.3. The van der Waals surface area contributed by atoms with Gasteiger partial charge in [0.15, 0.2) is 0 Å². The van der Waals surface area contributed by atoms with Crippen molar-refractivity contribution in [3.05, 3.63) is 23.8 Å². The maximum absolute atomic E-state index is 14.5. The van der Waals surface area contributed by atoms with E-state index in [4.69, 9.17) is 9.47 Å². The Hall–Kier alpha value is -1.32. The zero-order valence-corrected chi connectivity index (χ0v) is 13.3. The maximum atomic E-state index is 14.5. The molecule has 3 atom stereocenters. The molecule has 1 fully saturated rings. The molecule has 1 saturated carbocycles. The Morgan fingerprint density at radius 3 is 2.77 bits per heavy atom. The predicted molar refractivity (Wildman–Crippen MR) is 81.5 cm³/mol. The minimum atomic E-state index is -3.09. The molecule has 22 heavy (non-hydrogen) atoms. The van der Waals surface area contributed by atoms with E-state index in [1.165, 1.54) is 7.11 Å². The van der Waals surface area contributed by atoms with Crippen LogP contribution < -0.4 is 9.47 Å². The summed E-state index contributed by atoms with van der Waals surface area (Å²) in [4.78, 5) is 0. The number of ether oxygens (including phenoxy) is 2. The number of fused-ring (bicyclic) bond motifs is 1. The molecule has 1 aliphatic carbocycles. The molecule has 0 bridgehead atoms. The van der Waals surface area contributed by atoms with E-state index < -0.39 is 12.0 Å². The Kier molecular flexibility index (Phi) is 4.28. The van der Waals surface area contributed by atoms with Crippen molar-refractivity contribution in [1.82, 2.24) is 0 Å². The highest BCUT2D eigenvalue weighted by Crippen LogP contribution is 2.47. The Bertz CT molecular complexity index is 530. The average molecular weight is 310 g/mol. The van der Waals surface area contributed by atoms with Gasteiger partial charge in [-0.15, -0.1) is 0 Å². The first-order valence-corrected chi connectivity index (χ1v) is 8.23. The van der Waals surface area contributed by atoms with Crippen LogP contribution in [0.5, 0.6) is 11.5 Å². The summed E-state index contributed by atoms with van der Waals surface area (Å²) in [6, 6.07) is 5.24. The van der Waals surface area contributed by atoms with E-state index in [1.807, 2.05) is 12.1 Å². The van der Waals surface area contributed by atoms with Gasteiger partial charge in [0.25, 0.3) is 0 Å². The molecular formula is C18H24F2O2. The van der Waals surface area contributed by atoms with Gasteiger partial charge in [-0.3, -0.25) is 0 Å². The van der Waals surface area contributed by atoms with Crippen LogP contribution in [0.3, 0.4) is 0 Å². The van der Waals surface area contributed by atoms with Gasteiger partial charge in [-0.25, -0.2) is 0 Å². The van der Waals surface area contributed by atoms with Crippen molar-refractivity contribution in [3.8, 4) is 11.5 Å². The van der Waals surface area contributed by atoms with Crippen molar-refractivity contribution in [2.24, 2.45) is 17.8 Å². The Morgan fingerprint density at radius 2 is 2.00 bits per heavy atom. The number of methoxy groups -OCH3 is 1. The van der Waals surface area contributed by atoms with Crippen molar-refractivity contribution >= 4 is 0 Å². The zero-order valence-electron chi connectivity index (χ0n) is 13.3. The van der Waals surface area contributed by atoms with Gasteiger partial charge in [0.1, 0.15) is 11.5 Å². The largest absolute Gasteiger partial charge is 0.497 e. The van der Waals surface area contributed by atoms with Crippen LogP contribution >= 0.6 is 0 Å². The van der Waals surface area contributed by atoms with Crippen molar-refractivity contribution in [3.63, 3.8) is 0 Å². The minimum absolute atomic E-state index is 0.0511. The number of alkyl halides is 2. The van der Waals surface area contributed by atoms with Crippen molar-refractivity contribution in [2.75, 3.05) is 7.11 Å². The highest BCUT2D eigenvalue weighted by Gasteiger charge is 2.49. The van der Waals surface area contributed by atoms with Crippen LogP contribution in [0.2, 0.25) is 0 Å². The van der Waals surface area contributed by atoms with Crippen molar-refractivity contribution in [2.45, 2.75) is 51.6 Å². The third-order valence-corrected chi connectivity index (χ3v) is 5.26. The molecular weight excluding hydrogens is 286 g/mol. The molecule has 0 amide bonds. The summed E-state index contributed by atoms with van der Waals surface area (Å²) >= 11 is 0. The van der Waals surface area contributed by atoms with Crippen LogP contribution in [0.4, 0.5) is 8.78 Å². The number of hydrogen-bond donors (Lipinski definition) is 0. The second-order valence-electron chi connectivity index (χ2n) is 6.82. The molecule has 0 radical (unpaired) electrons. The molecule has 2 nitrogen and oxygen atoms in total. The van der Waals surface area contributed by atoms with Crippen molar-refractivity contribution in [1.29, 1.82) is 0 Å². The van der Waals surface area contributed by atoms with Crippen LogP contribution in [0.15, 0.2) is 18.2 Å². The van der Waals surface area contributed by atoms with E-state index in [-0.39, 0.29) is 11.7 Å². The number of benzene rings is 1. The Morgan fingerprint density at radius 1 is 1.18 bits per heavy atom. The van der Waals surface area contributed by atoms with Crippen LogP contribution in [0, 0.1) is 17.8 Å². The van der Waals surface area contributed by atoms with E-state index in [9.17, 15) is 8.78 Å². The number of rotatable bonds is 2. The van der Waals surface area contributed by atoms with Crippen molar-refractivity contribution < 1.29 is 18.3 Å². The molecule has 1 heterocycles. The smallest absolute Gasteiger partial charge is 0.401 e. The van der Waals surface area contributed by atoms with Crippen LogP contribution in [0.1, 0.15) is 44.6 Å². The first-order chi connectivity index (χ1) is 10.5. The molecule has 1 aliphatic heterocycles. The third-order valence-electron chi connectivity index (χ3n) is 5.26. The molecule has 3 unspecified atom stereocenters. The van der Waals surface area contributed by atoms with Gasteiger partial charge in [0, 0.05) is 6.07 Å². The molecule has 4 heteroatoms. The monoisotopic (exact) mass is 310 g/mol. The van der Waals surface area contributed by atoms with Crippen LogP contribution in [-0.4, -0.2) is 13.2 Å². The summed E-state index contributed by atoms with van der Waals surface area (Å²) in [5, 5.41) is 0. The molecule has 122 valence electrons. The van der Waals surface area contributed by atoms with Gasteiger partial charge >= 0.3 is 6.11 Å². The Labute approximate surface area is 130 Å². The molecule has 0 aromatic heterocycles. The lowest BCUT2D eigenvalue weighted by atomic mass is 9.79. The molecule has 0 N–H and O–H groups in total. The van der Waals surface area contributed by atoms with Gasteiger partial charge in [-0.1, -0.05) is 32.3 Å². The predicted octanol–water partition coefficient (Wildman–Crippen LogP) is 5.06. The second-order valence-corrected chi connectivity index (χ2v) is 6.82. The summed E-state index contributed by atoms with van der Waals surface area (Å²) in [5.41, 5.74) is 0.869. The first kappa shape index (κ1) is 15.6. The number of hydrogen-bond acceptors (Lipinski definition) is 2. The summed E-state index contributed by atoms with van der Waals surface area (Å²) in [7, 11) is 1.53. The van der Waals surface area contributed by atoms with Crippen LogP contribution in [-0.2, 0) is 6.42 Å². The lowest BCUT2D eigenvalue weighted by Crippen LogP contribution is -2.43. The van der Waals surface area contributed by atoms with Crippen LogP contribution in [0.25, 0.3) is 0 Å². The lowest BCUT2D eigenvalue weighted by molar-refractivity contribution is -0.236. The van der Waals surface area contributed by atoms with Gasteiger partial charge in [0.2, 0.25) is 0 Å². The lowest BCUT2D eigenvalue weighted by Gasteiger charge is -2.37. The highest BCUT2D eigenvalue weighted by molar-refractivity contribution is 5.42. The van der Waals surface area contributed by atoms with Gasteiger partial charge in [-0.2, -0.15) is 8.78 Å². The fourth-order valence-electron chi connectivity index (χ4n) is 3.86. The van der Waals surface area contributed by atoms with E-state index in [1.54, 1.807) is 6.07 Å². The summed E-state index contributed by atoms with van der Waals surface area (Å²) in [6.07, 6.45) is 2.34. The molecule has 2 aliphatic rings. The fraction of sp³-hybridized carbons (Fsp3) is 0.667. The molecule has 3 rings (SSSR count). The zero-order chi connectivity index (χ0) is 15.7. The summed E-state index contributed by atoms with van der Waals surface area (Å²) in [5.74, 6) is 0.812. The normalized spacial score (nSPS) is 30.8. The average Bonchev–Trinajstić information content (AvgIpc) is 2.69. The standard InChI is InChI=1S/C18H24F2O2/c1-12-4-3-5-13(7-6-12)16-10-14-8-9-15(21-2)11-17(14)22-18(16,19)20/h8-9,11-13,16H,3-7,10H2,1-2H3. The molecule has 0 saturated heterocycles. The summed E-state index contributed by atoms with van der Waals surface area (Å²) < 4.78 is 39.2. The second kappa shape index (κ2) is 6.05. The minimum Gasteiger partial charge on any atom is -0.497 e. The van der Waals surface area contributed by atoms with Gasteiger partial charge in [0.05, 0.1) is 13.0 Å². The van der Waals surface area contributed by atoms with E-state index in [0.29, 0.717) is 18.1 Å². The van der Waals surface area contributed by atoms with Gasteiger partial charge in [-0.05, 0) is 42.7 Å². The number of halogens is 2. The van der Waals surface area contributed by atoms with E-state index >= 15 is 0 Å². The third kappa shape index (κ3) is 3.06. The SMILES string of the molecule is COc1ccc2c(c1)OC(F)(F)C(C1CCCC(C)CC1)C2.